The van der Waals surface area contributed by atoms with Gasteiger partial charge >= 0.3 is 6.18 Å². The van der Waals surface area contributed by atoms with Crippen LogP contribution in [0.5, 0.6) is 0 Å². The number of fused-ring (bicyclic) bond motifs is 2. The van der Waals surface area contributed by atoms with Crippen molar-refractivity contribution in [3.63, 3.8) is 0 Å². The van der Waals surface area contributed by atoms with Crippen LogP contribution in [-0.2, 0) is 24.1 Å². The quantitative estimate of drug-likeness (QED) is 0.777. The van der Waals surface area contributed by atoms with E-state index in [0.717, 1.165) is 29.7 Å². The van der Waals surface area contributed by atoms with E-state index in [1.165, 1.54) is 32.1 Å². The number of alkyl halides is 3. The molecule has 2 unspecified atom stereocenters. The summed E-state index contributed by atoms with van der Waals surface area (Å²) in [5.41, 5.74) is 0.444. The molecule has 3 aliphatic rings. The molecule has 162 valence electrons. The van der Waals surface area contributed by atoms with Crippen molar-refractivity contribution in [3.05, 3.63) is 11.6 Å². The Kier molecular flexibility index (Phi) is 5.61. The second-order valence-corrected chi connectivity index (χ2v) is 9.07. The Labute approximate surface area is 169 Å². The van der Waals surface area contributed by atoms with E-state index in [2.05, 4.69) is 22.4 Å². The Morgan fingerprint density at radius 1 is 1.24 bits per heavy atom. The third-order valence-corrected chi connectivity index (χ3v) is 6.96. The van der Waals surface area contributed by atoms with Crippen LogP contribution >= 0.6 is 0 Å². The van der Waals surface area contributed by atoms with Gasteiger partial charge in [-0.3, -0.25) is 9.69 Å². The molecule has 6 nitrogen and oxygen atoms in total. The first kappa shape index (κ1) is 20.6. The van der Waals surface area contributed by atoms with Gasteiger partial charge in [0.2, 0.25) is 11.7 Å². The van der Waals surface area contributed by atoms with Crippen LogP contribution in [0.25, 0.3) is 0 Å². The number of amides is 1. The highest BCUT2D eigenvalue weighted by Gasteiger charge is 2.54. The summed E-state index contributed by atoms with van der Waals surface area (Å²) in [6.45, 7) is 3.16. The maximum absolute atomic E-state index is 13.0. The fraction of sp³-hybridized carbons (Fsp3) is 0.850. The maximum Gasteiger partial charge on any atom is 0.451 e. The molecule has 0 spiro atoms. The molecule has 29 heavy (non-hydrogen) atoms. The second-order valence-electron chi connectivity index (χ2n) is 9.07. The van der Waals surface area contributed by atoms with Crippen molar-refractivity contribution >= 4 is 5.91 Å². The van der Waals surface area contributed by atoms with Gasteiger partial charge < -0.3 is 9.88 Å². The van der Waals surface area contributed by atoms with Gasteiger partial charge in [-0.05, 0) is 43.4 Å². The Balaban J connectivity index is 1.30. The van der Waals surface area contributed by atoms with Crippen molar-refractivity contribution in [2.24, 2.45) is 11.3 Å². The number of carbonyl (C=O) groups is 1. The summed E-state index contributed by atoms with van der Waals surface area (Å²) in [7, 11) is 0. The predicted molar refractivity (Wildman–Crippen MR) is 101 cm³/mol. The maximum atomic E-state index is 13.0. The Morgan fingerprint density at radius 2 is 2.07 bits per heavy atom. The van der Waals surface area contributed by atoms with Crippen LogP contribution in [-0.4, -0.2) is 44.7 Å². The van der Waals surface area contributed by atoms with E-state index in [1.54, 1.807) is 0 Å². The zero-order valence-corrected chi connectivity index (χ0v) is 17.0. The van der Waals surface area contributed by atoms with Crippen molar-refractivity contribution < 1.29 is 18.0 Å². The molecule has 1 aromatic rings. The van der Waals surface area contributed by atoms with Crippen molar-refractivity contribution in [3.8, 4) is 0 Å². The number of unbranched alkanes of at least 4 members (excludes halogenated alkanes) is 1. The van der Waals surface area contributed by atoms with Crippen LogP contribution < -0.4 is 5.32 Å². The summed E-state index contributed by atoms with van der Waals surface area (Å²) >= 11 is 0. The fourth-order valence-electron chi connectivity index (χ4n) is 5.38. The van der Waals surface area contributed by atoms with Gasteiger partial charge in [-0.1, -0.05) is 26.2 Å². The van der Waals surface area contributed by atoms with Crippen molar-refractivity contribution in [1.82, 2.24) is 25.0 Å². The van der Waals surface area contributed by atoms with Gasteiger partial charge in [-0.2, -0.15) is 13.2 Å². The summed E-state index contributed by atoms with van der Waals surface area (Å²) in [4.78, 5) is 14.5. The van der Waals surface area contributed by atoms with Gasteiger partial charge in [-0.25, -0.2) is 0 Å². The van der Waals surface area contributed by atoms with E-state index in [4.69, 9.17) is 0 Å². The van der Waals surface area contributed by atoms with E-state index in [9.17, 15) is 18.0 Å². The third kappa shape index (κ3) is 4.44. The van der Waals surface area contributed by atoms with Crippen LogP contribution in [0.4, 0.5) is 13.2 Å². The highest BCUT2D eigenvalue weighted by Crippen LogP contribution is 2.62. The van der Waals surface area contributed by atoms with Crippen LogP contribution in [0, 0.1) is 11.3 Å². The largest absolute Gasteiger partial charge is 0.451 e. The lowest BCUT2D eigenvalue weighted by Crippen LogP contribution is -2.45. The SMILES string of the molecule is CCCCC12CC(NC(=O)CN3CCn4c(nnc4C(F)(F)F)C3)CCC[C@H]1C2. The van der Waals surface area contributed by atoms with Gasteiger partial charge in [-0.15, -0.1) is 10.2 Å². The van der Waals surface area contributed by atoms with E-state index < -0.39 is 12.0 Å². The molecule has 2 heterocycles. The second kappa shape index (κ2) is 7.89. The van der Waals surface area contributed by atoms with E-state index in [0.29, 0.717) is 12.0 Å². The number of nitrogens with zero attached hydrogens (tertiary/aromatic N) is 4. The highest BCUT2D eigenvalue weighted by atomic mass is 19.4. The molecule has 0 saturated heterocycles. The lowest BCUT2D eigenvalue weighted by atomic mass is 9.89. The topological polar surface area (TPSA) is 63.1 Å². The normalized spacial score (nSPS) is 29.7. The molecule has 1 aromatic heterocycles. The van der Waals surface area contributed by atoms with E-state index >= 15 is 0 Å². The Hall–Kier alpha value is -1.64. The molecule has 4 rings (SSSR count). The number of aromatic nitrogens is 3. The zero-order chi connectivity index (χ0) is 20.6. The third-order valence-electron chi connectivity index (χ3n) is 6.96. The molecule has 2 saturated carbocycles. The lowest BCUT2D eigenvalue weighted by molar-refractivity contribution is -0.148. The first-order valence-electron chi connectivity index (χ1n) is 10.8. The molecule has 0 aromatic carbocycles. The number of carbonyl (C=O) groups excluding carboxylic acids is 1. The number of rotatable bonds is 6. The number of halogens is 3. The standard InChI is InChI=1S/C20H30F3N5O/c1-2-3-7-19-10-14(19)5-4-6-15(11-19)24-17(29)13-27-8-9-28-16(12-27)25-26-18(28)20(21,22)23/h14-15H,2-13H2,1H3,(H,24,29)/t14-,15?,19?/m0/s1. The summed E-state index contributed by atoms with van der Waals surface area (Å²) in [5.74, 6) is 0.118. The Morgan fingerprint density at radius 3 is 2.83 bits per heavy atom. The first-order chi connectivity index (χ1) is 13.8. The predicted octanol–water partition coefficient (Wildman–Crippen LogP) is 3.37. The summed E-state index contributed by atoms with van der Waals surface area (Å²) in [5, 5.41) is 10.2. The molecule has 1 N–H and O–H groups in total. The smallest absolute Gasteiger partial charge is 0.352 e. The highest BCUT2D eigenvalue weighted by molar-refractivity contribution is 5.78. The fourth-order valence-corrected chi connectivity index (χ4v) is 5.38. The van der Waals surface area contributed by atoms with Crippen molar-refractivity contribution in [1.29, 1.82) is 0 Å². The van der Waals surface area contributed by atoms with Crippen molar-refractivity contribution in [2.75, 3.05) is 13.1 Å². The average Bonchev–Trinajstić information content (AvgIpc) is 3.16. The molecule has 0 bridgehead atoms. The van der Waals surface area contributed by atoms with E-state index in [1.807, 2.05) is 4.90 Å². The molecule has 9 heteroatoms. The number of nitrogens with one attached hydrogen (secondary N) is 1. The molecule has 1 amide bonds. The minimum Gasteiger partial charge on any atom is -0.352 e. The molecule has 2 aliphatic carbocycles. The van der Waals surface area contributed by atoms with Crippen LogP contribution in [0.2, 0.25) is 0 Å². The molecule has 3 atom stereocenters. The van der Waals surface area contributed by atoms with Gasteiger partial charge in [0, 0.05) is 19.1 Å². The monoisotopic (exact) mass is 413 g/mol. The number of hydrogen-bond donors (Lipinski definition) is 1. The summed E-state index contributed by atoms with van der Waals surface area (Å²) < 4.78 is 40.0. The molecule has 2 fully saturated rings. The molecular weight excluding hydrogens is 383 g/mol. The van der Waals surface area contributed by atoms with Gasteiger partial charge in [0.25, 0.3) is 0 Å². The number of hydrogen-bond acceptors (Lipinski definition) is 4. The van der Waals surface area contributed by atoms with Crippen LogP contribution in [0.15, 0.2) is 0 Å². The molecule has 0 radical (unpaired) electrons. The molecular formula is C20H30F3N5O. The Bertz CT molecular complexity index is 749. The average molecular weight is 413 g/mol. The lowest BCUT2D eigenvalue weighted by Gasteiger charge is -2.29. The van der Waals surface area contributed by atoms with E-state index in [-0.39, 0.29) is 37.4 Å². The van der Waals surface area contributed by atoms with Gasteiger partial charge in [0.1, 0.15) is 5.82 Å². The minimum atomic E-state index is -4.50. The van der Waals surface area contributed by atoms with Crippen LogP contribution in [0.1, 0.15) is 69.9 Å². The summed E-state index contributed by atoms with van der Waals surface area (Å²) in [6.07, 6.45) is 5.08. The first-order valence-corrected chi connectivity index (χ1v) is 10.8. The summed E-state index contributed by atoms with van der Waals surface area (Å²) in [6, 6.07) is 0.220. The van der Waals surface area contributed by atoms with Crippen molar-refractivity contribution in [2.45, 2.75) is 83.6 Å². The van der Waals surface area contributed by atoms with Crippen LogP contribution in [0.3, 0.4) is 0 Å². The van der Waals surface area contributed by atoms with Gasteiger partial charge in [0.15, 0.2) is 0 Å². The zero-order valence-electron chi connectivity index (χ0n) is 17.0. The minimum absolute atomic E-state index is 0.0382. The molecule has 1 aliphatic heterocycles. The van der Waals surface area contributed by atoms with Gasteiger partial charge in [0.05, 0.1) is 13.1 Å².